The molecule has 2 aromatic carbocycles. The van der Waals surface area contributed by atoms with E-state index in [4.69, 9.17) is 4.42 Å². The summed E-state index contributed by atoms with van der Waals surface area (Å²) in [6.07, 6.45) is 1.33. The van der Waals surface area contributed by atoms with Crippen LogP contribution >= 0.6 is 0 Å². The number of hydrogen-bond donors (Lipinski definition) is 2. The first-order valence-corrected chi connectivity index (χ1v) is 11.3. The molecule has 3 atom stereocenters. The van der Waals surface area contributed by atoms with Crippen molar-refractivity contribution in [3.63, 3.8) is 0 Å². The van der Waals surface area contributed by atoms with E-state index < -0.39 is 11.2 Å². The summed E-state index contributed by atoms with van der Waals surface area (Å²) in [7, 11) is 1.68. The maximum atomic E-state index is 13.0. The molecule has 0 spiro atoms. The molecular formula is C25H28N4O4. The first-order valence-electron chi connectivity index (χ1n) is 11.3. The van der Waals surface area contributed by atoms with E-state index in [0.29, 0.717) is 24.1 Å². The standard InChI is InChI=1S/C25H28N4O4/c1-26-23(31)25-12-19(11-18(25)14-28(16-25)13-17-7-3-2-4-8-17)27-22(30)15-29-20-9-5-6-10-21(20)33-24(29)32/h2-10,18-19H,11-16H2,1H3,(H,26,31)(H,27,30)/t18-,19-,25-/m0/s1. The van der Waals surface area contributed by atoms with Gasteiger partial charge < -0.3 is 15.1 Å². The number of fused-ring (bicyclic) bond motifs is 2. The number of nitrogens with zero attached hydrogens (tertiary/aromatic N) is 2. The monoisotopic (exact) mass is 448 g/mol. The predicted molar refractivity (Wildman–Crippen MR) is 123 cm³/mol. The minimum Gasteiger partial charge on any atom is -0.408 e. The molecule has 8 heteroatoms. The van der Waals surface area contributed by atoms with Crippen LogP contribution in [0.4, 0.5) is 0 Å². The molecule has 0 bridgehead atoms. The number of rotatable bonds is 6. The first-order chi connectivity index (χ1) is 16.0. The van der Waals surface area contributed by atoms with Gasteiger partial charge >= 0.3 is 5.76 Å². The molecule has 5 rings (SSSR count). The van der Waals surface area contributed by atoms with Gasteiger partial charge in [-0.25, -0.2) is 4.79 Å². The number of aromatic nitrogens is 1. The number of oxazole rings is 1. The minimum atomic E-state index is -0.548. The predicted octanol–water partition coefficient (Wildman–Crippen LogP) is 1.74. The second-order valence-electron chi connectivity index (χ2n) is 9.21. The molecule has 1 aromatic heterocycles. The lowest BCUT2D eigenvalue weighted by molar-refractivity contribution is -0.131. The molecule has 1 saturated carbocycles. The summed E-state index contributed by atoms with van der Waals surface area (Å²) in [5.41, 5.74) is 1.77. The van der Waals surface area contributed by atoms with Gasteiger partial charge in [-0.3, -0.25) is 19.1 Å². The molecule has 2 heterocycles. The number of amides is 2. The lowest BCUT2D eigenvalue weighted by Crippen LogP contribution is -2.44. The molecular weight excluding hydrogens is 420 g/mol. The average molecular weight is 449 g/mol. The van der Waals surface area contributed by atoms with Crippen molar-refractivity contribution in [2.45, 2.75) is 32.0 Å². The highest BCUT2D eigenvalue weighted by atomic mass is 16.4. The van der Waals surface area contributed by atoms with Crippen molar-refractivity contribution in [1.82, 2.24) is 20.1 Å². The van der Waals surface area contributed by atoms with Crippen molar-refractivity contribution in [3.05, 3.63) is 70.7 Å². The number of benzene rings is 2. The van der Waals surface area contributed by atoms with Crippen molar-refractivity contribution in [1.29, 1.82) is 0 Å². The Labute approximate surface area is 191 Å². The lowest BCUT2D eigenvalue weighted by atomic mass is 9.80. The average Bonchev–Trinajstić information content (AvgIpc) is 3.42. The summed E-state index contributed by atoms with van der Waals surface area (Å²) in [5.74, 6) is -0.587. The van der Waals surface area contributed by atoms with Crippen molar-refractivity contribution in [2.75, 3.05) is 20.1 Å². The topological polar surface area (TPSA) is 96.6 Å². The normalized spacial score (nSPS) is 24.6. The minimum absolute atomic E-state index is 0.0388. The Morgan fingerprint density at radius 1 is 1.12 bits per heavy atom. The molecule has 1 saturated heterocycles. The van der Waals surface area contributed by atoms with Gasteiger partial charge in [-0.05, 0) is 36.5 Å². The SMILES string of the molecule is CNC(=O)[C@]12C[C@@H](NC(=O)Cn3c(=O)oc4ccccc43)C[C@H]1CN(Cc1ccccc1)C2. The van der Waals surface area contributed by atoms with Crippen LogP contribution in [0.3, 0.4) is 0 Å². The molecule has 172 valence electrons. The van der Waals surface area contributed by atoms with Crippen molar-refractivity contribution in [3.8, 4) is 0 Å². The van der Waals surface area contributed by atoms with Crippen LogP contribution in [0.25, 0.3) is 11.1 Å². The molecule has 1 aliphatic carbocycles. The number of carbonyl (C=O) groups is 2. The fourth-order valence-electron chi connectivity index (χ4n) is 5.73. The van der Waals surface area contributed by atoms with Crippen LogP contribution in [0.15, 0.2) is 63.8 Å². The van der Waals surface area contributed by atoms with E-state index >= 15 is 0 Å². The third kappa shape index (κ3) is 3.95. The first kappa shape index (κ1) is 21.5. The highest BCUT2D eigenvalue weighted by Crippen LogP contribution is 2.49. The van der Waals surface area contributed by atoms with Crippen LogP contribution in [0.5, 0.6) is 0 Å². The van der Waals surface area contributed by atoms with Gasteiger partial charge in [0.2, 0.25) is 11.8 Å². The number of hydrogen-bond acceptors (Lipinski definition) is 5. The smallest absolute Gasteiger partial charge is 0.408 e. The highest BCUT2D eigenvalue weighted by Gasteiger charge is 2.57. The van der Waals surface area contributed by atoms with Gasteiger partial charge in [0.1, 0.15) is 6.54 Å². The quantitative estimate of drug-likeness (QED) is 0.599. The number of likely N-dealkylation sites (tertiary alicyclic amines) is 1. The Bertz CT molecular complexity index is 1230. The van der Waals surface area contributed by atoms with Gasteiger partial charge in [-0.2, -0.15) is 0 Å². The van der Waals surface area contributed by atoms with E-state index in [1.165, 1.54) is 10.1 Å². The van der Waals surface area contributed by atoms with Gasteiger partial charge in [0.15, 0.2) is 5.58 Å². The van der Waals surface area contributed by atoms with Crippen molar-refractivity contribution < 1.29 is 14.0 Å². The van der Waals surface area contributed by atoms with Gasteiger partial charge in [0.25, 0.3) is 0 Å². The van der Waals surface area contributed by atoms with Crippen LogP contribution < -0.4 is 16.4 Å². The summed E-state index contributed by atoms with van der Waals surface area (Å²) in [5, 5.41) is 5.92. The number of carbonyl (C=O) groups excluding carboxylic acids is 2. The Balaban J connectivity index is 1.27. The van der Waals surface area contributed by atoms with Crippen LogP contribution in [-0.4, -0.2) is 47.5 Å². The second-order valence-corrected chi connectivity index (χ2v) is 9.21. The van der Waals surface area contributed by atoms with E-state index in [1.54, 1.807) is 31.3 Å². The van der Waals surface area contributed by atoms with Gasteiger partial charge in [-0.1, -0.05) is 42.5 Å². The van der Waals surface area contributed by atoms with Gasteiger partial charge in [0.05, 0.1) is 10.9 Å². The Kier molecular flexibility index (Phi) is 5.54. The lowest BCUT2D eigenvalue weighted by Gasteiger charge is -2.27. The summed E-state index contributed by atoms with van der Waals surface area (Å²) >= 11 is 0. The molecule has 33 heavy (non-hydrogen) atoms. The fraction of sp³-hybridized carbons (Fsp3) is 0.400. The van der Waals surface area contributed by atoms with Crippen LogP contribution in [0.1, 0.15) is 18.4 Å². The zero-order chi connectivity index (χ0) is 23.0. The maximum Gasteiger partial charge on any atom is 0.420 e. The molecule has 2 amide bonds. The van der Waals surface area contributed by atoms with Crippen molar-refractivity contribution >= 4 is 22.9 Å². The van der Waals surface area contributed by atoms with E-state index in [-0.39, 0.29) is 30.3 Å². The van der Waals surface area contributed by atoms with E-state index in [2.05, 4.69) is 27.7 Å². The van der Waals surface area contributed by atoms with Crippen molar-refractivity contribution in [2.24, 2.45) is 11.3 Å². The summed E-state index contributed by atoms with van der Waals surface area (Å²) in [6, 6.07) is 17.2. The highest BCUT2D eigenvalue weighted by molar-refractivity contribution is 5.84. The zero-order valence-corrected chi connectivity index (χ0v) is 18.6. The molecule has 2 fully saturated rings. The molecule has 8 nitrogen and oxygen atoms in total. The molecule has 1 aliphatic heterocycles. The molecule has 0 unspecified atom stereocenters. The maximum absolute atomic E-state index is 13.0. The molecule has 2 aliphatic rings. The van der Waals surface area contributed by atoms with Gasteiger partial charge in [-0.15, -0.1) is 0 Å². The summed E-state index contributed by atoms with van der Waals surface area (Å²) < 4.78 is 6.57. The Morgan fingerprint density at radius 2 is 1.88 bits per heavy atom. The molecule has 3 aromatic rings. The molecule has 0 radical (unpaired) electrons. The Morgan fingerprint density at radius 3 is 2.67 bits per heavy atom. The zero-order valence-electron chi connectivity index (χ0n) is 18.6. The van der Waals surface area contributed by atoms with Crippen LogP contribution in [0.2, 0.25) is 0 Å². The summed E-state index contributed by atoms with van der Waals surface area (Å²) in [6.45, 7) is 2.19. The van der Waals surface area contributed by atoms with E-state index in [0.717, 1.165) is 19.5 Å². The third-order valence-electron chi connectivity index (χ3n) is 7.11. The second kappa shape index (κ2) is 8.51. The van der Waals surface area contributed by atoms with Crippen LogP contribution in [-0.2, 0) is 22.7 Å². The summed E-state index contributed by atoms with van der Waals surface area (Å²) in [4.78, 5) is 40.3. The van der Waals surface area contributed by atoms with E-state index in [1.807, 2.05) is 18.2 Å². The fourth-order valence-corrected chi connectivity index (χ4v) is 5.73. The third-order valence-corrected chi connectivity index (χ3v) is 7.11. The van der Waals surface area contributed by atoms with Crippen LogP contribution in [0, 0.1) is 11.3 Å². The van der Waals surface area contributed by atoms with E-state index in [9.17, 15) is 14.4 Å². The Hall–Kier alpha value is -3.39. The number of nitrogens with one attached hydrogen (secondary N) is 2. The number of para-hydroxylation sites is 2. The largest absolute Gasteiger partial charge is 0.420 e. The molecule has 2 N–H and O–H groups in total. The van der Waals surface area contributed by atoms with Gasteiger partial charge in [0, 0.05) is 32.7 Å².